The van der Waals surface area contributed by atoms with E-state index in [1.54, 1.807) is 34.6 Å². The topological polar surface area (TPSA) is 300 Å². The summed E-state index contributed by atoms with van der Waals surface area (Å²) in [5.41, 5.74) is 4.37. The number of ketones is 1. The summed E-state index contributed by atoms with van der Waals surface area (Å²) in [6.07, 6.45) is -1.03. The number of carbonyl (C=O) groups is 4. The molecule has 3 saturated heterocycles. The predicted octanol–water partition coefficient (Wildman–Crippen LogP) is 3.11. The van der Waals surface area contributed by atoms with Gasteiger partial charge in [0.15, 0.2) is 35.7 Å². The molecule has 1 amide bonds. The third-order valence-corrected chi connectivity index (χ3v) is 11.8. The van der Waals surface area contributed by atoms with Crippen molar-refractivity contribution in [3.63, 3.8) is 0 Å². The lowest BCUT2D eigenvalue weighted by molar-refractivity contribution is -0.207. The molecule has 6 heterocycles. The van der Waals surface area contributed by atoms with Crippen molar-refractivity contribution in [2.45, 2.75) is 163 Å². The van der Waals surface area contributed by atoms with E-state index in [1.807, 2.05) is 0 Å². The molecule has 24 heteroatoms. The Morgan fingerprint density at radius 3 is 1.53 bits per heavy atom. The number of ether oxygens (including phenoxy) is 5. The van der Waals surface area contributed by atoms with Crippen LogP contribution in [0.25, 0.3) is 0 Å². The van der Waals surface area contributed by atoms with Crippen LogP contribution in [0.4, 0.5) is 24.8 Å². The monoisotopic (exact) mass is 949 g/mol. The van der Waals surface area contributed by atoms with Crippen molar-refractivity contribution in [2.24, 2.45) is 11.8 Å². The lowest BCUT2D eigenvalue weighted by atomic mass is 9.84. The maximum absolute atomic E-state index is 15.0. The summed E-state index contributed by atoms with van der Waals surface area (Å²) in [4.78, 5) is 78.1. The van der Waals surface area contributed by atoms with E-state index in [0.717, 1.165) is 27.2 Å². The Bertz CT molecular complexity index is 2230. The molecule has 66 heavy (non-hydrogen) atoms. The number of amides is 1. The second-order valence-electron chi connectivity index (χ2n) is 16.1. The van der Waals surface area contributed by atoms with Gasteiger partial charge in [-0.2, -0.15) is 9.97 Å². The van der Waals surface area contributed by atoms with Gasteiger partial charge in [0.25, 0.3) is 5.85 Å². The van der Waals surface area contributed by atoms with E-state index in [-0.39, 0.29) is 59.0 Å². The Balaban J connectivity index is 0.000000485. The third kappa shape index (κ3) is 10.9. The molecular weight excluding hydrogens is 883 g/mol. The standard InChI is InChI=1S/C15H20FNO5.C14H20FN3O4.C10H14FN3O5.3CH4/c1-5-15(16)9(2)14(4,21-10(3)18)13(22-15)17-7-6-11(19)8-12(17)20;1-5-14(15)8(2)13(4,21-9(3)19)11(22-14)18-7-6-10(16)17-12(18)20;1-9(18)6(16)10(11,4-15)19-7(9)14-3-2-5(12)13-8(14)17;;;/h6-7,9,13H,5,8H2,1-4H3;6-8,11H,5H2,1-4H3,(H2,16,17,20);2-3,6-7,15-16,18H,4H2,1H3,(H2,12,13,17);3*1H4/t9-,13+,14+,15+;8-,11+,13+,14+;6-,7+,9+,10+;;;/m000.../s1. The number of alkyl halides is 3. The van der Waals surface area contributed by atoms with Gasteiger partial charge in [-0.3, -0.25) is 33.2 Å². The minimum Gasteiger partial charge on any atom is -0.454 e. The zero-order chi connectivity index (χ0) is 47.8. The van der Waals surface area contributed by atoms with Crippen molar-refractivity contribution >= 4 is 35.3 Å². The van der Waals surface area contributed by atoms with Gasteiger partial charge in [0, 0.05) is 45.3 Å². The molecule has 374 valence electrons. The third-order valence-electron chi connectivity index (χ3n) is 11.8. The fourth-order valence-electron chi connectivity index (χ4n) is 7.80. The number of hydrogen-bond acceptors (Lipinski definition) is 18. The molecular formula is C42H66F3N7O14. The van der Waals surface area contributed by atoms with Gasteiger partial charge in [0.1, 0.15) is 29.9 Å². The minimum absolute atomic E-state index is 0. The first-order valence-electron chi connectivity index (χ1n) is 19.7. The Morgan fingerprint density at radius 2 is 1.17 bits per heavy atom. The number of aliphatic hydroxyl groups excluding tert-OH is 2. The maximum atomic E-state index is 15.0. The molecule has 12 atom stereocenters. The first kappa shape index (κ1) is 58.7. The van der Waals surface area contributed by atoms with Crippen molar-refractivity contribution < 1.29 is 71.4 Å². The summed E-state index contributed by atoms with van der Waals surface area (Å²) < 4.78 is 72.2. The van der Waals surface area contributed by atoms with Gasteiger partial charge in [-0.15, -0.1) is 0 Å². The molecule has 4 aliphatic rings. The van der Waals surface area contributed by atoms with E-state index in [1.165, 1.54) is 51.4 Å². The van der Waals surface area contributed by atoms with E-state index in [2.05, 4.69) is 9.97 Å². The van der Waals surface area contributed by atoms with Crippen LogP contribution in [0, 0.1) is 11.8 Å². The summed E-state index contributed by atoms with van der Waals surface area (Å²) in [5.74, 6) is -10.5. The number of nitrogen functional groups attached to an aromatic ring is 2. The fraction of sp³-hybridized carbons (Fsp3) is 0.667. The number of nitrogens with two attached hydrogens (primary N) is 2. The Hall–Kier alpha value is -5.27. The zero-order valence-electron chi connectivity index (χ0n) is 36.1. The van der Waals surface area contributed by atoms with Crippen LogP contribution in [-0.4, -0.2) is 116 Å². The molecule has 0 spiro atoms. The van der Waals surface area contributed by atoms with Gasteiger partial charge < -0.3 is 50.5 Å². The van der Waals surface area contributed by atoms with Gasteiger partial charge in [0.05, 0.1) is 18.3 Å². The van der Waals surface area contributed by atoms with Crippen LogP contribution < -0.4 is 22.8 Å². The van der Waals surface area contributed by atoms with Crippen LogP contribution in [0.15, 0.2) is 46.4 Å². The molecule has 2 aromatic rings. The largest absolute Gasteiger partial charge is 0.454 e. The number of nitrogens with zero attached hydrogens (tertiary/aromatic N) is 5. The van der Waals surface area contributed by atoms with Gasteiger partial charge >= 0.3 is 23.3 Å². The maximum Gasteiger partial charge on any atom is 0.351 e. The van der Waals surface area contributed by atoms with Crippen molar-refractivity contribution in [1.29, 1.82) is 0 Å². The number of rotatable bonds is 8. The van der Waals surface area contributed by atoms with Crippen LogP contribution >= 0.6 is 0 Å². The number of hydrogen-bond donors (Lipinski definition) is 5. The Labute approximate surface area is 380 Å². The van der Waals surface area contributed by atoms with Crippen LogP contribution in [0.1, 0.15) is 116 Å². The second-order valence-corrected chi connectivity index (χ2v) is 16.1. The molecule has 0 bridgehead atoms. The van der Waals surface area contributed by atoms with Crippen LogP contribution in [0.5, 0.6) is 0 Å². The quantitative estimate of drug-likeness (QED) is 0.188. The Kier molecular flexibility index (Phi) is 18.8. The number of halogens is 3. The zero-order valence-corrected chi connectivity index (χ0v) is 36.1. The molecule has 0 aromatic carbocycles. The molecule has 0 radical (unpaired) electrons. The van der Waals surface area contributed by atoms with Crippen molar-refractivity contribution in [3.8, 4) is 0 Å². The molecule has 0 unspecified atom stereocenters. The average molecular weight is 950 g/mol. The van der Waals surface area contributed by atoms with Gasteiger partial charge in [0.2, 0.25) is 17.6 Å². The first-order valence-corrected chi connectivity index (χ1v) is 19.7. The lowest BCUT2D eigenvalue weighted by Gasteiger charge is -2.37. The van der Waals surface area contributed by atoms with Gasteiger partial charge in [-0.1, -0.05) is 50.0 Å². The molecule has 0 saturated carbocycles. The molecule has 6 rings (SSSR count). The smallest absolute Gasteiger partial charge is 0.351 e. The molecule has 4 aliphatic heterocycles. The van der Waals surface area contributed by atoms with Gasteiger partial charge in [-0.05, 0) is 39.0 Å². The SMILES string of the molecule is C.C.C.CC[C@@]1(F)O[C@@H](N2C=CC(=O)CC2=O)[C@](C)(OC(C)=O)[C@@H]1C.CC[C@@]1(F)O[C@@H](n2ccc(N)nc2=O)[C@](C)(OC(C)=O)[C@@H]1C.C[C@]1(O)[C@H](n2ccc(N)nc2=O)O[C@](F)(CO)[C@H]1O. The average Bonchev–Trinajstić information content (AvgIpc) is 3.60. The number of allylic oxidation sites excluding steroid dienone is 1. The van der Waals surface area contributed by atoms with Crippen LogP contribution in [0.2, 0.25) is 0 Å². The molecule has 0 aliphatic carbocycles. The molecule has 7 N–H and O–H groups in total. The van der Waals surface area contributed by atoms with E-state index in [9.17, 15) is 52.2 Å². The summed E-state index contributed by atoms with van der Waals surface area (Å²) in [5, 5.41) is 28.7. The van der Waals surface area contributed by atoms with E-state index in [4.69, 9.17) is 40.3 Å². The minimum atomic E-state index is -2.87. The highest BCUT2D eigenvalue weighted by Gasteiger charge is 2.66. The summed E-state index contributed by atoms with van der Waals surface area (Å²) >= 11 is 0. The number of aliphatic hydroxyl groups is 3. The number of aromatic nitrogens is 4. The van der Waals surface area contributed by atoms with E-state index in [0.29, 0.717) is 0 Å². The highest BCUT2D eigenvalue weighted by Crippen LogP contribution is 2.53. The van der Waals surface area contributed by atoms with E-state index < -0.39 is 107 Å². The fourth-order valence-corrected chi connectivity index (χ4v) is 7.80. The van der Waals surface area contributed by atoms with Crippen LogP contribution in [-0.2, 0) is 42.9 Å². The predicted molar refractivity (Wildman–Crippen MR) is 231 cm³/mol. The van der Waals surface area contributed by atoms with Crippen molar-refractivity contribution in [2.75, 3.05) is 18.1 Å². The molecule has 2 aromatic heterocycles. The first-order chi connectivity index (χ1) is 29.0. The van der Waals surface area contributed by atoms with E-state index >= 15 is 0 Å². The van der Waals surface area contributed by atoms with Crippen LogP contribution in [0.3, 0.4) is 0 Å². The van der Waals surface area contributed by atoms with Gasteiger partial charge in [-0.25, -0.2) is 22.8 Å². The van der Waals surface area contributed by atoms with Crippen molar-refractivity contribution in [3.05, 3.63) is 57.8 Å². The number of anilines is 2. The highest BCUT2D eigenvalue weighted by molar-refractivity contribution is 6.06. The van der Waals surface area contributed by atoms with Crippen molar-refractivity contribution in [1.82, 2.24) is 24.0 Å². The second kappa shape index (κ2) is 21.1. The number of carbonyl (C=O) groups excluding carboxylic acids is 4. The number of esters is 2. The summed E-state index contributed by atoms with van der Waals surface area (Å²) in [6, 6.07) is 2.65. The highest BCUT2D eigenvalue weighted by atomic mass is 19.2. The lowest BCUT2D eigenvalue weighted by Crippen LogP contribution is -2.54. The molecule has 21 nitrogen and oxygen atoms in total. The molecule has 3 fully saturated rings. The summed E-state index contributed by atoms with van der Waals surface area (Å²) in [7, 11) is 0. The Morgan fingerprint density at radius 1 is 0.773 bits per heavy atom. The normalized spacial score (nSPS) is 35.5. The summed E-state index contributed by atoms with van der Waals surface area (Å²) in [6.45, 7) is 11.8.